The largest absolute Gasteiger partial charge is 0.351 e. The number of aromatic nitrogens is 1. The molecule has 2 heterocycles. The minimum Gasteiger partial charge on any atom is -0.351 e. The van der Waals surface area contributed by atoms with Crippen LogP contribution in [0.25, 0.3) is 0 Å². The Kier molecular flexibility index (Phi) is 4.60. The summed E-state index contributed by atoms with van der Waals surface area (Å²) < 4.78 is 1.46. The Labute approximate surface area is 159 Å². The zero-order chi connectivity index (χ0) is 19.3. The van der Waals surface area contributed by atoms with Gasteiger partial charge in [0.15, 0.2) is 0 Å². The number of nitrogens with zero attached hydrogens (tertiary/aromatic N) is 2. The van der Waals surface area contributed by atoms with Crippen LogP contribution in [0, 0.1) is 24.7 Å². The highest BCUT2D eigenvalue weighted by Crippen LogP contribution is 2.54. The number of amides is 2. The van der Waals surface area contributed by atoms with Crippen molar-refractivity contribution in [3.05, 3.63) is 33.7 Å². The van der Waals surface area contributed by atoms with Gasteiger partial charge < -0.3 is 14.8 Å². The molecule has 146 valence electrons. The van der Waals surface area contributed by atoms with Gasteiger partial charge in [0.2, 0.25) is 5.91 Å². The maximum Gasteiger partial charge on any atom is 0.255 e. The van der Waals surface area contributed by atoms with Crippen LogP contribution >= 0.6 is 0 Å². The fraction of sp³-hybridized carbons (Fsp3) is 0.667. The van der Waals surface area contributed by atoms with E-state index in [-0.39, 0.29) is 35.4 Å². The minimum absolute atomic E-state index is 0.0112. The number of hydrogen-bond donors (Lipinski definition) is 1. The first kappa shape index (κ1) is 18.3. The average molecular weight is 371 g/mol. The SMILES string of the molecule is Cc1cc(C(=O)N2CCC[C@H]2C(C)NC(=O)[C@@H]2C[C@H]2C2CC2)cn(C)c1=O. The third kappa shape index (κ3) is 3.54. The quantitative estimate of drug-likeness (QED) is 0.859. The number of nitrogens with one attached hydrogen (secondary N) is 1. The molecular formula is C21H29N3O3. The zero-order valence-corrected chi connectivity index (χ0v) is 16.4. The lowest BCUT2D eigenvalue weighted by Gasteiger charge is -2.30. The van der Waals surface area contributed by atoms with Gasteiger partial charge in [0, 0.05) is 37.3 Å². The number of pyridine rings is 1. The van der Waals surface area contributed by atoms with Crippen LogP contribution in [0.5, 0.6) is 0 Å². The van der Waals surface area contributed by atoms with Gasteiger partial charge in [-0.05, 0) is 63.9 Å². The second-order valence-corrected chi connectivity index (χ2v) is 8.68. The molecule has 6 heteroatoms. The lowest BCUT2D eigenvalue weighted by Crippen LogP contribution is -2.50. The van der Waals surface area contributed by atoms with Crippen LogP contribution in [0.2, 0.25) is 0 Å². The van der Waals surface area contributed by atoms with Crippen LogP contribution in [0.15, 0.2) is 17.1 Å². The summed E-state index contributed by atoms with van der Waals surface area (Å²) in [6.07, 6.45) is 7.06. The number of likely N-dealkylation sites (tertiary alicyclic amines) is 1. The molecule has 0 bridgehead atoms. The van der Waals surface area contributed by atoms with Gasteiger partial charge in [0.25, 0.3) is 11.5 Å². The Balaban J connectivity index is 1.42. The molecule has 27 heavy (non-hydrogen) atoms. The first-order valence-corrected chi connectivity index (χ1v) is 10.2. The zero-order valence-electron chi connectivity index (χ0n) is 16.4. The van der Waals surface area contributed by atoms with Gasteiger partial charge in [0.1, 0.15) is 0 Å². The third-order valence-electron chi connectivity index (χ3n) is 6.52. The number of carbonyl (C=O) groups is 2. The van der Waals surface area contributed by atoms with Gasteiger partial charge >= 0.3 is 0 Å². The summed E-state index contributed by atoms with van der Waals surface area (Å²) in [4.78, 5) is 39.4. The number of carbonyl (C=O) groups excluding carboxylic acids is 2. The van der Waals surface area contributed by atoms with Crippen LogP contribution in [-0.4, -0.2) is 39.9 Å². The summed E-state index contributed by atoms with van der Waals surface area (Å²) >= 11 is 0. The molecule has 2 saturated carbocycles. The Hall–Kier alpha value is -2.11. The van der Waals surface area contributed by atoms with Crippen molar-refractivity contribution in [1.82, 2.24) is 14.8 Å². The summed E-state index contributed by atoms with van der Waals surface area (Å²) in [5.74, 6) is 1.69. The Morgan fingerprint density at radius 2 is 2.00 bits per heavy atom. The Morgan fingerprint density at radius 3 is 2.67 bits per heavy atom. The van der Waals surface area contributed by atoms with E-state index in [4.69, 9.17) is 0 Å². The van der Waals surface area contributed by atoms with E-state index in [1.54, 1.807) is 26.2 Å². The van der Waals surface area contributed by atoms with Gasteiger partial charge in [0.05, 0.1) is 11.6 Å². The molecule has 3 fully saturated rings. The maximum atomic E-state index is 13.1. The monoisotopic (exact) mass is 371 g/mol. The van der Waals surface area contributed by atoms with Crippen molar-refractivity contribution in [1.29, 1.82) is 0 Å². The lowest BCUT2D eigenvalue weighted by molar-refractivity contribution is -0.123. The molecule has 1 aromatic heterocycles. The fourth-order valence-electron chi connectivity index (χ4n) is 4.71. The van der Waals surface area contributed by atoms with Crippen molar-refractivity contribution in [2.24, 2.45) is 24.8 Å². The summed E-state index contributed by atoms with van der Waals surface area (Å²) in [7, 11) is 1.67. The molecule has 3 aliphatic rings. The first-order chi connectivity index (χ1) is 12.9. The second kappa shape index (κ2) is 6.80. The van der Waals surface area contributed by atoms with E-state index in [2.05, 4.69) is 5.32 Å². The summed E-state index contributed by atoms with van der Waals surface area (Å²) in [5.41, 5.74) is 1.02. The first-order valence-electron chi connectivity index (χ1n) is 10.2. The van der Waals surface area contributed by atoms with Crippen LogP contribution in [0.4, 0.5) is 0 Å². The topological polar surface area (TPSA) is 71.4 Å². The van der Waals surface area contributed by atoms with E-state index in [0.717, 1.165) is 25.2 Å². The molecule has 1 aromatic rings. The molecule has 4 atom stereocenters. The maximum absolute atomic E-state index is 13.1. The van der Waals surface area contributed by atoms with Crippen molar-refractivity contribution in [2.75, 3.05) is 6.54 Å². The van der Waals surface area contributed by atoms with E-state index in [1.165, 1.54) is 17.4 Å². The molecule has 4 rings (SSSR count). The minimum atomic E-state index is -0.0835. The standard InChI is InChI=1S/C21H29N3O3/c1-12-9-15(11-23(3)20(12)26)21(27)24-8-4-5-18(24)13(2)22-19(25)17-10-16(17)14-6-7-14/h9,11,13-14,16-18H,4-8,10H2,1-3H3,(H,22,25)/t13?,16-,17+,18-/m0/s1. The highest BCUT2D eigenvalue weighted by atomic mass is 16.2. The van der Waals surface area contributed by atoms with E-state index < -0.39 is 0 Å². The normalized spacial score (nSPS) is 28.1. The molecule has 0 radical (unpaired) electrons. The van der Waals surface area contributed by atoms with Crippen LogP contribution in [0.3, 0.4) is 0 Å². The van der Waals surface area contributed by atoms with Crippen molar-refractivity contribution >= 4 is 11.8 Å². The fourth-order valence-corrected chi connectivity index (χ4v) is 4.71. The Bertz CT molecular complexity index is 800. The molecule has 0 spiro atoms. The summed E-state index contributed by atoms with van der Waals surface area (Å²) in [5, 5.41) is 3.18. The van der Waals surface area contributed by atoms with Crippen LogP contribution < -0.4 is 10.9 Å². The molecular weight excluding hydrogens is 342 g/mol. The van der Waals surface area contributed by atoms with Gasteiger partial charge in [-0.15, -0.1) is 0 Å². The summed E-state index contributed by atoms with van der Waals surface area (Å²) in [6.45, 7) is 4.43. The highest BCUT2D eigenvalue weighted by molar-refractivity contribution is 5.94. The van der Waals surface area contributed by atoms with E-state index in [0.29, 0.717) is 23.6 Å². The van der Waals surface area contributed by atoms with Crippen molar-refractivity contribution in [3.63, 3.8) is 0 Å². The van der Waals surface area contributed by atoms with Crippen molar-refractivity contribution in [3.8, 4) is 0 Å². The van der Waals surface area contributed by atoms with Crippen molar-refractivity contribution in [2.45, 2.75) is 58.0 Å². The van der Waals surface area contributed by atoms with Crippen LogP contribution in [0.1, 0.15) is 54.9 Å². The predicted molar refractivity (Wildman–Crippen MR) is 102 cm³/mol. The molecule has 0 aromatic carbocycles. The van der Waals surface area contributed by atoms with E-state index in [1.807, 2.05) is 11.8 Å². The molecule has 1 unspecified atom stereocenters. The molecule has 2 aliphatic carbocycles. The molecule has 2 amide bonds. The molecule has 1 N–H and O–H groups in total. The third-order valence-corrected chi connectivity index (χ3v) is 6.52. The molecule has 6 nitrogen and oxygen atoms in total. The van der Waals surface area contributed by atoms with Gasteiger partial charge in [-0.25, -0.2) is 0 Å². The van der Waals surface area contributed by atoms with Crippen LogP contribution in [-0.2, 0) is 11.8 Å². The van der Waals surface area contributed by atoms with Crippen molar-refractivity contribution < 1.29 is 9.59 Å². The average Bonchev–Trinajstić information content (AvgIpc) is 3.53. The lowest BCUT2D eigenvalue weighted by atomic mass is 10.1. The molecule has 1 saturated heterocycles. The molecule has 1 aliphatic heterocycles. The highest BCUT2D eigenvalue weighted by Gasteiger charge is 2.51. The second-order valence-electron chi connectivity index (χ2n) is 8.68. The van der Waals surface area contributed by atoms with Gasteiger partial charge in [-0.1, -0.05) is 0 Å². The van der Waals surface area contributed by atoms with Gasteiger partial charge in [-0.3, -0.25) is 14.4 Å². The number of rotatable bonds is 5. The summed E-state index contributed by atoms with van der Waals surface area (Å²) in [6, 6.07) is 1.63. The smallest absolute Gasteiger partial charge is 0.255 e. The number of aryl methyl sites for hydroxylation is 2. The number of hydrogen-bond acceptors (Lipinski definition) is 3. The van der Waals surface area contributed by atoms with E-state index in [9.17, 15) is 14.4 Å². The Morgan fingerprint density at radius 1 is 1.26 bits per heavy atom. The van der Waals surface area contributed by atoms with Gasteiger partial charge in [-0.2, -0.15) is 0 Å². The predicted octanol–water partition coefficient (Wildman–Crippen LogP) is 1.85. The van der Waals surface area contributed by atoms with E-state index >= 15 is 0 Å².